The van der Waals surface area contributed by atoms with Crippen LogP contribution in [-0.4, -0.2) is 57.4 Å². The van der Waals surface area contributed by atoms with Crippen LogP contribution in [0.1, 0.15) is 28.9 Å². The predicted molar refractivity (Wildman–Crippen MR) is 118 cm³/mol. The fourth-order valence-electron chi connectivity index (χ4n) is 3.67. The summed E-state index contributed by atoms with van der Waals surface area (Å²) in [4.78, 5) is 26.9. The van der Waals surface area contributed by atoms with Crippen LogP contribution in [0.2, 0.25) is 0 Å². The van der Waals surface area contributed by atoms with Crippen molar-refractivity contribution in [2.75, 3.05) is 25.0 Å². The largest absolute Gasteiger partial charge is 0.348 e. The number of aromatic nitrogens is 3. The number of carbonyl (C=O) groups excluding carboxylic acids is 2. The van der Waals surface area contributed by atoms with Crippen molar-refractivity contribution >= 4 is 17.5 Å². The average molecular weight is 419 g/mol. The van der Waals surface area contributed by atoms with Gasteiger partial charge in [-0.05, 0) is 30.5 Å². The SMILES string of the molecule is O=C(CN1CCC(NC(=O)c2cn(Cc3ccccc3)nn2)CC1)Nc1ccccc1. The zero-order chi connectivity index (χ0) is 21.5. The van der Waals surface area contributed by atoms with Gasteiger partial charge < -0.3 is 10.6 Å². The van der Waals surface area contributed by atoms with E-state index in [4.69, 9.17) is 0 Å². The van der Waals surface area contributed by atoms with Crippen molar-refractivity contribution in [3.05, 3.63) is 78.1 Å². The van der Waals surface area contributed by atoms with Crippen LogP contribution in [-0.2, 0) is 11.3 Å². The van der Waals surface area contributed by atoms with Crippen LogP contribution in [0.25, 0.3) is 0 Å². The van der Waals surface area contributed by atoms with E-state index in [9.17, 15) is 9.59 Å². The summed E-state index contributed by atoms with van der Waals surface area (Å²) in [5, 5.41) is 14.0. The summed E-state index contributed by atoms with van der Waals surface area (Å²) in [6.07, 6.45) is 3.26. The number of nitrogens with one attached hydrogen (secondary N) is 2. The maximum Gasteiger partial charge on any atom is 0.273 e. The van der Waals surface area contributed by atoms with Crippen molar-refractivity contribution in [1.29, 1.82) is 0 Å². The quantitative estimate of drug-likeness (QED) is 0.614. The van der Waals surface area contributed by atoms with Crippen LogP contribution in [0.3, 0.4) is 0 Å². The lowest BCUT2D eigenvalue weighted by molar-refractivity contribution is -0.117. The monoisotopic (exact) mass is 418 g/mol. The number of likely N-dealkylation sites (tertiary alicyclic amines) is 1. The summed E-state index contributed by atoms with van der Waals surface area (Å²) in [6.45, 7) is 2.44. The van der Waals surface area contributed by atoms with Gasteiger partial charge in [0.2, 0.25) is 5.91 Å². The van der Waals surface area contributed by atoms with Crippen molar-refractivity contribution < 1.29 is 9.59 Å². The van der Waals surface area contributed by atoms with Crippen LogP contribution >= 0.6 is 0 Å². The molecule has 1 aliphatic heterocycles. The topological polar surface area (TPSA) is 92.2 Å². The number of carbonyl (C=O) groups is 2. The van der Waals surface area contributed by atoms with Gasteiger partial charge in [-0.3, -0.25) is 14.5 Å². The van der Waals surface area contributed by atoms with Gasteiger partial charge in [0, 0.05) is 24.8 Å². The van der Waals surface area contributed by atoms with E-state index >= 15 is 0 Å². The van der Waals surface area contributed by atoms with Crippen LogP contribution in [0.5, 0.6) is 0 Å². The number of piperidine rings is 1. The summed E-state index contributed by atoms with van der Waals surface area (Å²) in [6, 6.07) is 19.4. The molecule has 8 heteroatoms. The molecule has 4 rings (SSSR count). The number of nitrogens with zero attached hydrogens (tertiary/aromatic N) is 4. The standard InChI is InChI=1S/C23H26N6O2/c30-22(24-19-9-5-2-6-10-19)17-28-13-11-20(12-14-28)25-23(31)21-16-29(27-26-21)15-18-7-3-1-4-8-18/h1-10,16,20H,11-15,17H2,(H,24,30)(H,25,31). The van der Waals surface area contributed by atoms with Gasteiger partial charge in [-0.25, -0.2) is 4.68 Å². The molecule has 160 valence electrons. The Labute approximate surface area is 181 Å². The fraction of sp³-hybridized carbons (Fsp3) is 0.304. The second kappa shape index (κ2) is 9.99. The molecular formula is C23H26N6O2. The molecule has 1 aromatic heterocycles. The minimum atomic E-state index is -0.209. The van der Waals surface area contributed by atoms with Gasteiger partial charge in [-0.2, -0.15) is 0 Å². The Morgan fingerprint density at radius 1 is 0.968 bits per heavy atom. The van der Waals surface area contributed by atoms with E-state index in [2.05, 4.69) is 25.8 Å². The van der Waals surface area contributed by atoms with Crippen LogP contribution in [0, 0.1) is 0 Å². The maximum atomic E-state index is 12.5. The molecule has 31 heavy (non-hydrogen) atoms. The van der Waals surface area contributed by atoms with Crippen molar-refractivity contribution in [2.45, 2.75) is 25.4 Å². The third kappa shape index (κ3) is 5.99. The second-order valence-corrected chi connectivity index (χ2v) is 7.73. The van der Waals surface area contributed by atoms with E-state index in [0.29, 0.717) is 18.8 Å². The van der Waals surface area contributed by atoms with Gasteiger partial charge in [0.15, 0.2) is 5.69 Å². The Morgan fingerprint density at radius 3 is 2.35 bits per heavy atom. The van der Waals surface area contributed by atoms with Gasteiger partial charge >= 0.3 is 0 Å². The Morgan fingerprint density at radius 2 is 1.65 bits per heavy atom. The van der Waals surface area contributed by atoms with Gasteiger partial charge in [-0.1, -0.05) is 53.7 Å². The first-order valence-corrected chi connectivity index (χ1v) is 10.5. The summed E-state index contributed by atoms with van der Waals surface area (Å²) >= 11 is 0. The Bertz CT molecular complexity index is 997. The fourth-order valence-corrected chi connectivity index (χ4v) is 3.67. The second-order valence-electron chi connectivity index (χ2n) is 7.73. The number of para-hydroxylation sites is 1. The van der Waals surface area contributed by atoms with Gasteiger partial charge in [-0.15, -0.1) is 5.10 Å². The molecule has 2 aromatic carbocycles. The number of hydrogen-bond donors (Lipinski definition) is 2. The first-order chi connectivity index (χ1) is 15.2. The zero-order valence-corrected chi connectivity index (χ0v) is 17.3. The molecule has 0 saturated carbocycles. The Kier molecular flexibility index (Phi) is 6.68. The number of hydrogen-bond acceptors (Lipinski definition) is 5. The van der Waals surface area contributed by atoms with E-state index < -0.39 is 0 Å². The molecular weight excluding hydrogens is 392 g/mol. The molecule has 3 aromatic rings. The van der Waals surface area contributed by atoms with Crippen molar-refractivity contribution in [2.24, 2.45) is 0 Å². The predicted octanol–water partition coefficient (Wildman–Crippen LogP) is 2.16. The lowest BCUT2D eigenvalue weighted by Crippen LogP contribution is -2.46. The first-order valence-electron chi connectivity index (χ1n) is 10.5. The lowest BCUT2D eigenvalue weighted by atomic mass is 10.0. The van der Waals surface area contributed by atoms with Crippen LogP contribution < -0.4 is 10.6 Å². The summed E-state index contributed by atoms with van der Waals surface area (Å²) in [5.41, 5.74) is 2.22. The van der Waals surface area contributed by atoms with E-state index in [1.165, 1.54) is 0 Å². The molecule has 0 atom stereocenters. The number of anilines is 1. The minimum absolute atomic E-state index is 0.0243. The molecule has 0 bridgehead atoms. The number of amides is 2. The molecule has 0 unspecified atom stereocenters. The number of rotatable bonds is 7. The first kappa shape index (κ1) is 20.7. The van der Waals surface area contributed by atoms with E-state index in [1.54, 1.807) is 10.9 Å². The van der Waals surface area contributed by atoms with Crippen LogP contribution in [0.15, 0.2) is 66.9 Å². The summed E-state index contributed by atoms with van der Waals surface area (Å²) in [5.74, 6) is -0.233. The average Bonchev–Trinajstić information content (AvgIpc) is 3.25. The van der Waals surface area contributed by atoms with Crippen molar-refractivity contribution in [3.8, 4) is 0 Å². The molecule has 1 fully saturated rings. The van der Waals surface area contributed by atoms with E-state index in [0.717, 1.165) is 37.2 Å². The molecule has 2 amide bonds. The van der Waals surface area contributed by atoms with Crippen LogP contribution in [0.4, 0.5) is 5.69 Å². The molecule has 2 N–H and O–H groups in total. The number of benzene rings is 2. The third-order valence-corrected chi connectivity index (χ3v) is 5.31. The smallest absolute Gasteiger partial charge is 0.273 e. The zero-order valence-electron chi connectivity index (χ0n) is 17.3. The minimum Gasteiger partial charge on any atom is -0.348 e. The highest BCUT2D eigenvalue weighted by molar-refractivity contribution is 5.92. The molecule has 2 heterocycles. The molecule has 1 saturated heterocycles. The normalized spacial score (nSPS) is 14.8. The van der Waals surface area contributed by atoms with Gasteiger partial charge in [0.1, 0.15) is 0 Å². The molecule has 0 radical (unpaired) electrons. The highest BCUT2D eigenvalue weighted by atomic mass is 16.2. The highest BCUT2D eigenvalue weighted by Crippen LogP contribution is 2.12. The van der Waals surface area contributed by atoms with Gasteiger partial charge in [0.05, 0.1) is 19.3 Å². The molecule has 8 nitrogen and oxygen atoms in total. The van der Waals surface area contributed by atoms with Crippen molar-refractivity contribution in [1.82, 2.24) is 25.2 Å². The lowest BCUT2D eigenvalue weighted by Gasteiger charge is -2.31. The Balaban J connectivity index is 1.21. The molecule has 0 aliphatic carbocycles. The van der Waals surface area contributed by atoms with Crippen molar-refractivity contribution in [3.63, 3.8) is 0 Å². The van der Waals surface area contributed by atoms with E-state index in [1.807, 2.05) is 60.7 Å². The Hall–Kier alpha value is -3.52. The maximum absolute atomic E-state index is 12.5. The summed E-state index contributed by atoms with van der Waals surface area (Å²) < 4.78 is 1.66. The molecule has 1 aliphatic rings. The van der Waals surface area contributed by atoms with E-state index in [-0.39, 0.29) is 17.9 Å². The third-order valence-electron chi connectivity index (χ3n) is 5.31. The van der Waals surface area contributed by atoms with Gasteiger partial charge in [0.25, 0.3) is 5.91 Å². The highest BCUT2D eigenvalue weighted by Gasteiger charge is 2.23. The molecule has 0 spiro atoms. The summed E-state index contributed by atoms with van der Waals surface area (Å²) in [7, 11) is 0.